The van der Waals surface area contributed by atoms with Gasteiger partial charge in [0.2, 0.25) is 0 Å². The van der Waals surface area contributed by atoms with Crippen LogP contribution >= 0.6 is 0 Å². The van der Waals surface area contributed by atoms with Crippen LogP contribution in [0.4, 0.5) is 0 Å². The minimum Gasteiger partial charge on any atom is -0.481 e. The van der Waals surface area contributed by atoms with Gasteiger partial charge in [0.25, 0.3) is 5.91 Å². The first-order valence-corrected chi connectivity index (χ1v) is 6.39. The van der Waals surface area contributed by atoms with E-state index in [1.807, 2.05) is 24.3 Å². The van der Waals surface area contributed by atoms with Gasteiger partial charge in [0.05, 0.1) is 0 Å². The molecule has 0 heterocycles. The molecule has 0 aliphatic rings. The number of ether oxygens (including phenoxy) is 2. The highest BCUT2D eigenvalue weighted by atomic mass is 16.5. The summed E-state index contributed by atoms with van der Waals surface area (Å²) in [5, 5.41) is 2.80. The Hall–Kier alpha value is -1.59. The summed E-state index contributed by atoms with van der Waals surface area (Å²) in [6.45, 7) is 3.45. The van der Waals surface area contributed by atoms with Crippen LogP contribution in [0.2, 0.25) is 0 Å². The zero-order valence-corrected chi connectivity index (χ0v) is 11.5. The van der Waals surface area contributed by atoms with Crippen LogP contribution in [0.3, 0.4) is 0 Å². The van der Waals surface area contributed by atoms with Gasteiger partial charge in [0.1, 0.15) is 5.75 Å². The van der Waals surface area contributed by atoms with Crippen molar-refractivity contribution >= 4 is 5.91 Å². The van der Waals surface area contributed by atoms with E-state index in [0.29, 0.717) is 25.4 Å². The summed E-state index contributed by atoms with van der Waals surface area (Å²) in [6, 6.07) is 7.41. The van der Waals surface area contributed by atoms with E-state index in [0.717, 1.165) is 12.0 Å². The van der Waals surface area contributed by atoms with Crippen LogP contribution in [-0.2, 0) is 16.1 Å². The van der Waals surface area contributed by atoms with Crippen molar-refractivity contribution in [3.63, 3.8) is 0 Å². The summed E-state index contributed by atoms with van der Waals surface area (Å²) in [5.74, 6) is 0.538. The topological polar surface area (TPSA) is 73.6 Å². The highest BCUT2D eigenvalue weighted by molar-refractivity contribution is 5.80. The first-order valence-electron chi connectivity index (χ1n) is 6.39. The van der Waals surface area contributed by atoms with E-state index >= 15 is 0 Å². The van der Waals surface area contributed by atoms with E-state index in [2.05, 4.69) is 5.32 Å². The molecular weight excluding hydrogens is 244 g/mol. The van der Waals surface area contributed by atoms with Crippen LogP contribution in [0.25, 0.3) is 0 Å². The van der Waals surface area contributed by atoms with Crippen molar-refractivity contribution in [3.8, 4) is 5.75 Å². The predicted molar refractivity (Wildman–Crippen MR) is 73.9 cm³/mol. The van der Waals surface area contributed by atoms with Crippen LogP contribution in [-0.4, -0.2) is 32.3 Å². The smallest absolute Gasteiger partial charge is 0.260 e. The maximum Gasteiger partial charge on any atom is 0.260 e. The Balaban J connectivity index is 2.35. The third-order valence-corrected chi connectivity index (χ3v) is 2.67. The SMILES string of the molecule is COCCCNC(=O)C(C)Oc1ccc(CN)cc1. The number of methoxy groups -OCH3 is 1. The molecule has 106 valence electrons. The first kappa shape index (κ1) is 15.5. The highest BCUT2D eigenvalue weighted by Gasteiger charge is 2.13. The van der Waals surface area contributed by atoms with Crippen molar-refractivity contribution in [2.45, 2.75) is 26.0 Å². The second-order valence-electron chi connectivity index (χ2n) is 4.25. The Bertz CT molecular complexity index is 379. The Morgan fingerprint density at radius 2 is 2.05 bits per heavy atom. The molecule has 1 unspecified atom stereocenters. The molecule has 0 bridgehead atoms. The molecule has 3 N–H and O–H groups in total. The van der Waals surface area contributed by atoms with E-state index in [9.17, 15) is 4.79 Å². The fourth-order valence-electron chi connectivity index (χ4n) is 1.53. The molecule has 0 aliphatic carbocycles. The van der Waals surface area contributed by atoms with Crippen molar-refractivity contribution in [2.24, 2.45) is 5.73 Å². The van der Waals surface area contributed by atoms with Gasteiger partial charge in [-0.2, -0.15) is 0 Å². The summed E-state index contributed by atoms with van der Waals surface area (Å²) >= 11 is 0. The molecule has 19 heavy (non-hydrogen) atoms. The van der Waals surface area contributed by atoms with E-state index in [1.54, 1.807) is 14.0 Å². The third-order valence-electron chi connectivity index (χ3n) is 2.67. The number of carbonyl (C=O) groups excluding carboxylic acids is 1. The summed E-state index contributed by atoms with van der Waals surface area (Å²) in [4.78, 5) is 11.7. The first-order chi connectivity index (χ1) is 9.17. The predicted octanol–water partition coefficient (Wildman–Crippen LogP) is 1.07. The third kappa shape index (κ3) is 5.72. The molecule has 0 saturated carbocycles. The molecule has 1 rings (SSSR count). The highest BCUT2D eigenvalue weighted by Crippen LogP contribution is 2.13. The lowest BCUT2D eigenvalue weighted by molar-refractivity contribution is -0.127. The van der Waals surface area contributed by atoms with Gasteiger partial charge >= 0.3 is 0 Å². The maximum absolute atomic E-state index is 11.7. The molecule has 5 heteroatoms. The lowest BCUT2D eigenvalue weighted by Crippen LogP contribution is -2.37. The molecule has 0 fully saturated rings. The minimum absolute atomic E-state index is 0.126. The summed E-state index contributed by atoms with van der Waals surface area (Å²) in [5.41, 5.74) is 6.55. The van der Waals surface area contributed by atoms with Gasteiger partial charge in [-0.05, 0) is 31.0 Å². The molecule has 0 radical (unpaired) electrons. The van der Waals surface area contributed by atoms with Crippen molar-refractivity contribution < 1.29 is 14.3 Å². The summed E-state index contributed by atoms with van der Waals surface area (Å²) in [6.07, 6.45) is 0.270. The fourth-order valence-corrected chi connectivity index (χ4v) is 1.53. The lowest BCUT2D eigenvalue weighted by Gasteiger charge is -2.14. The molecule has 1 atom stereocenters. The Morgan fingerprint density at radius 1 is 1.37 bits per heavy atom. The average Bonchev–Trinajstić information content (AvgIpc) is 2.44. The normalized spacial score (nSPS) is 11.9. The lowest BCUT2D eigenvalue weighted by atomic mass is 10.2. The second kappa shape index (κ2) is 8.50. The fraction of sp³-hybridized carbons (Fsp3) is 0.500. The van der Waals surface area contributed by atoms with Crippen molar-refractivity contribution in [2.75, 3.05) is 20.3 Å². The largest absolute Gasteiger partial charge is 0.481 e. The molecule has 0 aliphatic heterocycles. The van der Waals surface area contributed by atoms with Gasteiger partial charge in [-0.25, -0.2) is 0 Å². The van der Waals surface area contributed by atoms with Crippen molar-refractivity contribution in [3.05, 3.63) is 29.8 Å². The summed E-state index contributed by atoms with van der Waals surface area (Å²) in [7, 11) is 1.64. The monoisotopic (exact) mass is 266 g/mol. The van der Waals surface area contributed by atoms with Crippen LogP contribution < -0.4 is 15.8 Å². The quantitative estimate of drug-likeness (QED) is 0.690. The number of carbonyl (C=O) groups is 1. The van der Waals surface area contributed by atoms with Gasteiger partial charge in [-0.1, -0.05) is 12.1 Å². The van der Waals surface area contributed by atoms with Gasteiger partial charge in [0, 0.05) is 26.8 Å². The Labute approximate surface area is 114 Å². The number of hydrogen-bond acceptors (Lipinski definition) is 4. The van der Waals surface area contributed by atoms with Crippen LogP contribution in [0.1, 0.15) is 18.9 Å². The van der Waals surface area contributed by atoms with Crippen molar-refractivity contribution in [1.82, 2.24) is 5.32 Å². The molecule has 5 nitrogen and oxygen atoms in total. The van der Waals surface area contributed by atoms with E-state index in [4.69, 9.17) is 15.2 Å². The Morgan fingerprint density at radius 3 is 2.63 bits per heavy atom. The number of benzene rings is 1. The standard InChI is InChI=1S/C14H22N2O3/c1-11(14(17)16-8-3-9-18-2)19-13-6-4-12(10-15)5-7-13/h4-7,11H,3,8-10,15H2,1-2H3,(H,16,17). The van der Waals surface area contributed by atoms with Crippen molar-refractivity contribution in [1.29, 1.82) is 0 Å². The number of nitrogens with one attached hydrogen (secondary N) is 1. The number of nitrogens with two attached hydrogens (primary N) is 1. The van der Waals surface area contributed by atoms with Gasteiger partial charge in [0.15, 0.2) is 6.10 Å². The molecule has 1 aromatic carbocycles. The Kier molecular flexibility index (Phi) is 6.92. The number of amides is 1. The van der Waals surface area contributed by atoms with Crippen LogP contribution in [0.5, 0.6) is 5.75 Å². The molecular formula is C14H22N2O3. The van der Waals surface area contributed by atoms with Gasteiger partial charge in [-0.15, -0.1) is 0 Å². The average molecular weight is 266 g/mol. The maximum atomic E-state index is 11.7. The molecule has 1 amide bonds. The van der Waals surface area contributed by atoms with Gasteiger partial charge < -0.3 is 20.5 Å². The van der Waals surface area contributed by atoms with Gasteiger partial charge in [-0.3, -0.25) is 4.79 Å². The molecule has 0 saturated heterocycles. The van der Waals surface area contributed by atoms with E-state index in [-0.39, 0.29) is 5.91 Å². The van der Waals surface area contributed by atoms with Crippen LogP contribution in [0, 0.1) is 0 Å². The number of rotatable bonds is 8. The van der Waals surface area contributed by atoms with E-state index in [1.165, 1.54) is 0 Å². The molecule has 0 aromatic heterocycles. The zero-order chi connectivity index (χ0) is 14.1. The van der Waals surface area contributed by atoms with Crippen LogP contribution in [0.15, 0.2) is 24.3 Å². The second-order valence-corrected chi connectivity index (χ2v) is 4.25. The van der Waals surface area contributed by atoms with E-state index < -0.39 is 6.10 Å². The number of hydrogen-bond donors (Lipinski definition) is 2. The molecule has 0 spiro atoms. The molecule has 1 aromatic rings. The summed E-state index contributed by atoms with van der Waals surface area (Å²) < 4.78 is 10.5. The minimum atomic E-state index is -0.522. The zero-order valence-electron chi connectivity index (χ0n) is 11.5.